The van der Waals surface area contributed by atoms with Gasteiger partial charge in [-0.3, -0.25) is 4.98 Å². The number of pyridine rings is 1. The molecular formula is C11H17FN4. The van der Waals surface area contributed by atoms with Crippen LogP contribution in [0.1, 0.15) is 5.69 Å². The highest BCUT2D eigenvalue weighted by Crippen LogP contribution is 2.20. The van der Waals surface area contributed by atoms with Crippen molar-refractivity contribution < 1.29 is 4.39 Å². The number of likely N-dealkylation sites (N-methyl/N-ethyl adjacent to an activating group) is 1. The Kier molecular flexibility index (Phi) is 3.36. The van der Waals surface area contributed by atoms with E-state index in [9.17, 15) is 4.39 Å². The Morgan fingerprint density at radius 3 is 2.69 bits per heavy atom. The Bertz CT molecular complexity index is 361. The lowest BCUT2D eigenvalue weighted by Gasteiger charge is -2.34. The molecule has 2 heterocycles. The van der Waals surface area contributed by atoms with Gasteiger partial charge in [0, 0.05) is 38.8 Å². The van der Waals surface area contributed by atoms with Crippen molar-refractivity contribution in [3.05, 3.63) is 23.8 Å². The number of nitrogens with two attached hydrogens (primary N) is 1. The number of hydrogen-bond acceptors (Lipinski definition) is 4. The predicted molar refractivity (Wildman–Crippen MR) is 61.8 cm³/mol. The molecule has 1 aromatic heterocycles. The second kappa shape index (κ2) is 4.76. The van der Waals surface area contributed by atoms with Gasteiger partial charge in [0.25, 0.3) is 0 Å². The van der Waals surface area contributed by atoms with E-state index in [4.69, 9.17) is 5.73 Å². The zero-order valence-electron chi connectivity index (χ0n) is 9.49. The molecule has 0 aromatic carbocycles. The molecule has 1 aromatic rings. The molecule has 0 amide bonds. The van der Waals surface area contributed by atoms with Gasteiger partial charge in [-0.05, 0) is 7.05 Å². The molecule has 0 unspecified atom stereocenters. The van der Waals surface area contributed by atoms with E-state index in [0.29, 0.717) is 6.54 Å². The lowest BCUT2D eigenvalue weighted by atomic mass is 10.2. The Morgan fingerprint density at radius 1 is 1.38 bits per heavy atom. The van der Waals surface area contributed by atoms with Crippen LogP contribution in [0.25, 0.3) is 0 Å². The first-order valence-corrected chi connectivity index (χ1v) is 5.48. The van der Waals surface area contributed by atoms with Crippen molar-refractivity contribution in [3.8, 4) is 0 Å². The van der Waals surface area contributed by atoms with E-state index in [0.717, 1.165) is 37.6 Å². The van der Waals surface area contributed by atoms with Crippen LogP contribution < -0.4 is 10.6 Å². The second-order valence-electron chi connectivity index (χ2n) is 4.11. The van der Waals surface area contributed by atoms with Crippen LogP contribution in [0.2, 0.25) is 0 Å². The average Bonchev–Trinajstić information content (AvgIpc) is 2.30. The standard InChI is InChI=1S/C11H17FN4/c1-15-2-4-16(5-3-15)11-6-9(12)8-14-10(11)7-13/h6,8H,2-5,7,13H2,1H3. The first kappa shape index (κ1) is 11.3. The first-order chi connectivity index (χ1) is 7.70. The van der Waals surface area contributed by atoms with Crippen LogP contribution in [0.15, 0.2) is 12.3 Å². The lowest BCUT2D eigenvalue weighted by molar-refractivity contribution is 0.312. The van der Waals surface area contributed by atoms with Gasteiger partial charge in [-0.15, -0.1) is 0 Å². The van der Waals surface area contributed by atoms with E-state index in [2.05, 4.69) is 21.8 Å². The summed E-state index contributed by atoms with van der Waals surface area (Å²) in [6.45, 7) is 4.12. The maximum Gasteiger partial charge on any atom is 0.143 e. The molecule has 0 atom stereocenters. The molecule has 0 bridgehead atoms. The predicted octanol–water partition coefficient (Wildman–Crippen LogP) is 0.431. The van der Waals surface area contributed by atoms with Crippen molar-refractivity contribution in [2.75, 3.05) is 38.1 Å². The number of anilines is 1. The molecule has 1 fully saturated rings. The normalized spacial score (nSPS) is 17.8. The molecule has 0 saturated carbocycles. The summed E-state index contributed by atoms with van der Waals surface area (Å²) in [7, 11) is 2.09. The minimum absolute atomic E-state index is 0.300. The van der Waals surface area contributed by atoms with Crippen molar-refractivity contribution in [3.63, 3.8) is 0 Å². The molecule has 16 heavy (non-hydrogen) atoms. The third-order valence-electron chi connectivity index (χ3n) is 2.95. The van der Waals surface area contributed by atoms with Gasteiger partial charge in [0.2, 0.25) is 0 Å². The fraction of sp³-hybridized carbons (Fsp3) is 0.545. The van der Waals surface area contributed by atoms with Crippen LogP contribution >= 0.6 is 0 Å². The number of piperazine rings is 1. The number of halogens is 1. The maximum absolute atomic E-state index is 13.2. The molecule has 5 heteroatoms. The van der Waals surface area contributed by atoms with Gasteiger partial charge in [-0.1, -0.05) is 0 Å². The third-order valence-corrected chi connectivity index (χ3v) is 2.95. The maximum atomic E-state index is 13.2. The van der Waals surface area contributed by atoms with Crippen LogP contribution in [-0.2, 0) is 6.54 Å². The summed E-state index contributed by atoms with van der Waals surface area (Å²) in [4.78, 5) is 8.44. The van der Waals surface area contributed by atoms with Crippen molar-refractivity contribution in [2.24, 2.45) is 5.73 Å². The van der Waals surface area contributed by atoms with E-state index in [1.54, 1.807) is 0 Å². The minimum atomic E-state index is -0.300. The SMILES string of the molecule is CN1CCN(c2cc(F)cnc2CN)CC1. The summed E-state index contributed by atoms with van der Waals surface area (Å²) in [5.74, 6) is -0.300. The monoisotopic (exact) mass is 224 g/mol. The lowest BCUT2D eigenvalue weighted by Crippen LogP contribution is -2.45. The molecular weight excluding hydrogens is 207 g/mol. The van der Waals surface area contributed by atoms with Crippen LogP contribution in [-0.4, -0.2) is 43.1 Å². The van der Waals surface area contributed by atoms with Gasteiger partial charge in [0.05, 0.1) is 17.6 Å². The Hall–Kier alpha value is -1.20. The Balaban J connectivity index is 2.21. The van der Waals surface area contributed by atoms with Crippen LogP contribution in [0, 0.1) is 5.82 Å². The summed E-state index contributed by atoms with van der Waals surface area (Å²) < 4.78 is 13.2. The fourth-order valence-corrected chi connectivity index (χ4v) is 1.94. The van der Waals surface area contributed by atoms with Gasteiger partial charge < -0.3 is 15.5 Å². The molecule has 2 N–H and O–H groups in total. The molecule has 1 saturated heterocycles. The third kappa shape index (κ3) is 2.31. The zero-order valence-corrected chi connectivity index (χ0v) is 9.49. The summed E-state index contributed by atoms with van der Waals surface area (Å²) in [6.07, 6.45) is 1.22. The van der Waals surface area contributed by atoms with Crippen molar-refractivity contribution in [1.29, 1.82) is 0 Å². The minimum Gasteiger partial charge on any atom is -0.367 e. The van der Waals surface area contributed by atoms with E-state index in [-0.39, 0.29) is 5.82 Å². The Labute approximate surface area is 94.9 Å². The van der Waals surface area contributed by atoms with Crippen LogP contribution in [0.4, 0.5) is 10.1 Å². The summed E-state index contributed by atoms with van der Waals surface area (Å²) >= 11 is 0. The van der Waals surface area contributed by atoms with Crippen molar-refractivity contribution >= 4 is 5.69 Å². The fourth-order valence-electron chi connectivity index (χ4n) is 1.94. The van der Waals surface area contributed by atoms with E-state index in [1.165, 1.54) is 12.3 Å². The molecule has 1 aliphatic rings. The Morgan fingerprint density at radius 2 is 2.06 bits per heavy atom. The molecule has 0 aliphatic carbocycles. The zero-order chi connectivity index (χ0) is 11.5. The average molecular weight is 224 g/mol. The topological polar surface area (TPSA) is 45.4 Å². The molecule has 1 aliphatic heterocycles. The highest BCUT2D eigenvalue weighted by molar-refractivity contribution is 5.51. The van der Waals surface area contributed by atoms with Gasteiger partial charge >= 0.3 is 0 Å². The second-order valence-corrected chi connectivity index (χ2v) is 4.11. The first-order valence-electron chi connectivity index (χ1n) is 5.48. The van der Waals surface area contributed by atoms with Gasteiger partial charge in [-0.2, -0.15) is 0 Å². The molecule has 2 rings (SSSR count). The summed E-state index contributed by atoms with van der Waals surface area (Å²) in [6, 6.07) is 1.53. The van der Waals surface area contributed by atoms with E-state index in [1.807, 2.05) is 0 Å². The summed E-state index contributed by atoms with van der Waals surface area (Å²) in [5.41, 5.74) is 7.23. The van der Waals surface area contributed by atoms with Gasteiger partial charge in [0.15, 0.2) is 0 Å². The van der Waals surface area contributed by atoms with Crippen molar-refractivity contribution in [2.45, 2.75) is 6.54 Å². The highest BCUT2D eigenvalue weighted by atomic mass is 19.1. The van der Waals surface area contributed by atoms with E-state index < -0.39 is 0 Å². The number of rotatable bonds is 2. The molecule has 0 radical (unpaired) electrons. The molecule has 88 valence electrons. The molecule has 0 spiro atoms. The van der Waals surface area contributed by atoms with Gasteiger partial charge in [0.1, 0.15) is 5.82 Å². The van der Waals surface area contributed by atoms with Gasteiger partial charge in [-0.25, -0.2) is 4.39 Å². The largest absolute Gasteiger partial charge is 0.367 e. The van der Waals surface area contributed by atoms with Crippen molar-refractivity contribution in [1.82, 2.24) is 9.88 Å². The summed E-state index contributed by atoms with van der Waals surface area (Å²) in [5, 5.41) is 0. The smallest absolute Gasteiger partial charge is 0.143 e. The number of aromatic nitrogens is 1. The van der Waals surface area contributed by atoms with Crippen LogP contribution in [0.5, 0.6) is 0 Å². The number of hydrogen-bond donors (Lipinski definition) is 1. The highest BCUT2D eigenvalue weighted by Gasteiger charge is 2.17. The molecule has 4 nitrogen and oxygen atoms in total. The quantitative estimate of drug-likeness (QED) is 0.791. The number of nitrogens with zero attached hydrogens (tertiary/aromatic N) is 3. The van der Waals surface area contributed by atoms with E-state index >= 15 is 0 Å². The van der Waals surface area contributed by atoms with Crippen LogP contribution in [0.3, 0.4) is 0 Å².